The predicted octanol–water partition coefficient (Wildman–Crippen LogP) is 7.09. The van der Waals surface area contributed by atoms with E-state index < -0.39 is 0 Å². The van der Waals surface area contributed by atoms with E-state index in [1.807, 2.05) is 32.2 Å². The maximum Gasteiger partial charge on any atom is 0.168 e. The van der Waals surface area contributed by atoms with Crippen LogP contribution in [-0.2, 0) is 22.8 Å². The molecule has 5 heteroatoms. The van der Waals surface area contributed by atoms with E-state index in [-0.39, 0.29) is 11.0 Å². The third-order valence-corrected chi connectivity index (χ3v) is 7.32. The number of rotatable bonds is 12. The summed E-state index contributed by atoms with van der Waals surface area (Å²) in [6.07, 6.45) is 8.80. The Hall–Kier alpha value is -2.11. The second-order valence-electron chi connectivity index (χ2n) is 9.56. The third kappa shape index (κ3) is 5.70. The van der Waals surface area contributed by atoms with Gasteiger partial charge in [-0.1, -0.05) is 70.4 Å². The Kier molecular flexibility index (Phi) is 9.16. The van der Waals surface area contributed by atoms with Crippen LogP contribution in [0.2, 0.25) is 0 Å². The quantitative estimate of drug-likeness (QED) is 0.320. The number of aromatic nitrogens is 1. The van der Waals surface area contributed by atoms with Gasteiger partial charge in [-0.2, -0.15) is 0 Å². The third-order valence-electron chi connectivity index (χ3n) is 7.32. The first-order valence-corrected chi connectivity index (χ1v) is 12.6. The molecule has 5 nitrogen and oxygen atoms in total. The molecule has 1 aromatic heterocycles. The van der Waals surface area contributed by atoms with Crippen molar-refractivity contribution in [3.63, 3.8) is 0 Å². The highest BCUT2D eigenvalue weighted by molar-refractivity contribution is 5.60. The molecule has 0 radical (unpaired) electrons. The van der Waals surface area contributed by atoms with Gasteiger partial charge in [0.25, 0.3) is 0 Å². The average molecular weight is 455 g/mol. The molecule has 1 heterocycles. The van der Waals surface area contributed by atoms with Crippen molar-refractivity contribution in [2.75, 3.05) is 18.3 Å². The van der Waals surface area contributed by atoms with Gasteiger partial charge in [-0.25, -0.2) is 5.06 Å². The lowest BCUT2D eigenvalue weighted by Gasteiger charge is -2.55. The van der Waals surface area contributed by atoms with Crippen LogP contribution in [0.25, 0.3) is 0 Å². The number of pyridine rings is 1. The molecule has 182 valence electrons. The molecule has 0 unspecified atom stereocenters. The number of hydrogen-bond acceptors (Lipinski definition) is 5. The lowest BCUT2D eigenvalue weighted by Crippen LogP contribution is -2.59. The SMILES string of the molecule is CCOCc1nccc(N(OCc2ccccc2)C2(C(C)(C)CC)CCCCC2)c1OCC. The van der Waals surface area contributed by atoms with Gasteiger partial charge in [0.15, 0.2) is 5.75 Å². The number of ether oxygens (including phenoxy) is 2. The smallest absolute Gasteiger partial charge is 0.168 e. The Balaban J connectivity index is 2.12. The summed E-state index contributed by atoms with van der Waals surface area (Å²) in [7, 11) is 0. The second kappa shape index (κ2) is 11.8. The summed E-state index contributed by atoms with van der Waals surface area (Å²) in [6, 6.07) is 12.5. The average Bonchev–Trinajstić information content (AvgIpc) is 2.85. The van der Waals surface area contributed by atoms with Crippen molar-refractivity contribution in [3.05, 3.63) is 53.9 Å². The molecule has 0 spiro atoms. The van der Waals surface area contributed by atoms with Gasteiger partial charge in [0, 0.05) is 12.8 Å². The fraction of sp³-hybridized carbons (Fsp3) is 0.607. The summed E-state index contributed by atoms with van der Waals surface area (Å²) in [4.78, 5) is 11.4. The molecule has 1 aliphatic rings. The summed E-state index contributed by atoms with van der Waals surface area (Å²) in [5.74, 6) is 0.776. The van der Waals surface area contributed by atoms with Crippen LogP contribution in [0.1, 0.15) is 84.4 Å². The van der Waals surface area contributed by atoms with Gasteiger partial charge >= 0.3 is 0 Å². The number of anilines is 1. The van der Waals surface area contributed by atoms with Gasteiger partial charge in [-0.3, -0.25) is 9.82 Å². The van der Waals surface area contributed by atoms with Crippen molar-refractivity contribution < 1.29 is 14.3 Å². The maximum atomic E-state index is 6.78. The molecule has 0 aliphatic heterocycles. The minimum atomic E-state index is -0.134. The van der Waals surface area contributed by atoms with Gasteiger partial charge in [-0.05, 0) is 50.2 Å². The molecule has 3 rings (SSSR count). The van der Waals surface area contributed by atoms with Gasteiger partial charge in [0.05, 0.1) is 25.4 Å². The van der Waals surface area contributed by atoms with Gasteiger partial charge < -0.3 is 9.47 Å². The van der Waals surface area contributed by atoms with Crippen LogP contribution in [0.4, 0.5) is 5.69 Å². The van der Waals surface area contributed by atoms with E-state index in [2.05, 4.69) is 55.1 Å². The minimum Gasteiger partial charge on any atom is -0.490 e. The van der Waals surface area contributed by atoms with Crippen LogP contribution < -0.4 is 9.80 Å². The molecule has 0 N–H and O–H groups in total. The number of nitrogens with zero attached hydrogens (tertiary/aromatic N) is 2. The summed E-state index contributed by atoms with van der Waals surface area (Å²) in [6.45, 7) is 13.2. The standard InChI is InChI=1S/C28H42N2O3/c1-6-27(4,5)28(18-13-10-14-19-28)30(33-21-23-15-11-9-12-16-23)25-17-20-29-24(22-31-7-2)26(25)32-8-3/h9,11-12,15-17,20H,6-8,10,13-14,18-19,21-22H2,1-5H3. The highest BCUT2D eigenvalue weighted by Crippen LogP contribution is 2.52. The topological polar surface area (TPSA) is 43.8 Å². The lowest BCUT2D eigenvalue weighted by atomic mass is 9.63. The van der Waals surface area contributed by atoms with Crippen molar-refractivity contribution >= 4 is 5.69 Å². The van der Waals surface area contributed by atoms with Crippen LogP contribution >= 0.6 is 0 Å². The molecule has 1 fully saturated rings. The lowest BCUT2D eigenvalue weighted by molar-refractivity contribution is -0.0346. The van der Waals surface area contributed by atoms with E-state index in [1.165, 1.54) is 19.3 Å². The Morgan fingerprint density at radius 1 is 0.939 bits per heavy atom. The molecule has 0 bridgehead atoms. The normalized spacial score (nSPS) is 15.9. The summed E-state index contributed by atoms with van der Waals surface area (Å²) < 4.78 is 11.9. The molecule has 2 aromatic rings. The molecule has 0 atom stereocenters. The second-order valence-corrected chi connectivity index (χ2v) is 9.56. The van der Waals surface area contributed by atoms with E-state index in [9.17, 15) is 0 Å². The Morgan fingerprint density at radius 2 is 1.67 bits per heavy atom. The van der Waals surface area contributed by atoms with E-state index >= 15 is 0 Å². The molecule has 1 saturated carbocycles. The Morgan fingerprint density at radius 3 is 2.30 bits per heavy atom. The van der Waals surface area contributed by atoms with Gasteiger partial charge in [-0.15, -0.1) is 0 Å². The van der Waals surface area contributed by atoms with E-state index in [0.717, 1.165) is 42.0 Å². The molecular formula is C28H42N2O3. The zero-order valence-electron chi connectivity index (χ0n) is 21.2. The first kappa shape index (κ1) is 25.5. The first-order chi connectivity index (χ1) is 16.0. The van der Waals surface area contributed by atoms with Crippen molar-refractivity contribution in [2.45, 2.75) is 91.9 Å². The largest absolute Gasteiger partial charge is 0.490 e. The molecule has 0 amide bonds. The predicted molar refractivity (Wildman–Crippen MR) is 134 cm³/mol. The van der Waals surface area contributed by atoms with Crippen molar-refractivity contribution in [1.29, 1.82) is 0 Å². The van der Waals surface area contributed by atoms with E-state index in [4.69, 9.17) is 14.3 Å². The summed E-state index contributed by atoms with van der Waals surface area (Å²) in [5, 5.41) is 2.21. The van der Waals surface area contributed by atoms with Crippen LogP contribution in [0, 0.1) is 5.41 Å². The first-order valence-electron chi connectivity index (χ1n) is 12.6. The van der Waals surface area contributed by atoms with Gasteiger partial charge in [0.1, 0.15) is 11.4 Å². The summed E-state index contributed by atoms with van der Waals surface area (Å²) >= 11 is 0. The molecular weight excluding hydrogens is 412 g/mol. The van der Waals surface area contributed by atoms with Crippen LogP contribution in [0.3, 0.4) is 0 Å². The Bertz CT molecular complexity index is 847. The number of hydrogen-bond donors (Lipinski definition) is 0. The van der Waals surface area contributed by atoms with E-state index in [1.54, 1.807) is 0 Å². The van der Waals surface area contributed by atoms with Crippen LogP contribution in [0.15, 0.2) is 42.6 Å². The van der Waals surface area contributed by atoms with Crippen molar-refractivity contribution in [3.8, 4) is 5.75 Å². The monoisotopic (exact) mass is 454 g/mol. The summed E-state index contributed by atoms with van der Waals surface area (Å²) in [5.41, 5.74) is 2.86. The number of benzene rings is 1. The Labute approximate surface area is 200 Å². The fourth-order valence-corrected chi connectivity index (χ4v) is 5.00. The van der Waals surface area contributed by atoms with Crippen LogP contribution in [-0.4, -0.2) is 23.7 Å². The van der Waals surface area contributed by atoms with E-state index in [0.29, 0.717) is 26.4 Å². The highest BCUT2D eigenvalue weighted by Gasteiger charge is 2.51. The molecule has 33 heavy (non-hydrogen) atoms. The fourth-order valence-electron chi connectivity index (χ4n) is 5.00. The highest BCUT2D eigenvalue weighted by atomic mass is 16.7. The molecule has 1 aromatic carbocycles. The van der Waals surface area contributed by atoms with Crippen LogP contribution in [0.5, 0.6) is 5.75 Å². The number of hydroxylamine groups is 1. The minimum absolute atomic E-state index is 0.0525. The van der Waals surface area contributed by atoms with Crippen molar-refractivity contribution in [2.24, 2.45) is 5.41 Å². The van der Waals surface area contributed by atoms with Crippen molar-refractivity contribution in [1.82, 2.24) is 4.98 Å². The zero-order valence-corrected chi connectivity index (χ0v) is 21.2. The zero-order chi connectivity index (χ0) is 23.7. The van der Waals surface area contributed by atoms with Gasteiger partial charge in [0.2, 0.25) is 0 Å². The molecule has 1 aliphatic carbocycles. The maximum absolute atomic E-state index is 6.78. The molecule has 0 saturated heterocycles.